The molecule has 2 rings (SSSR count). The molecule has 1 aliphatic carbocycles. The lowest BCUT2D eigenvalue weighted by Crippen LogP contribution is -2.39. The van der Waals surface area contributed by atoms with Crippen LogP contribution in [-0.4, -0.2) is 16.9 Å². The van der Waals surface area contributed by atoms with Crippen molar-refractivity contribution in [3.8, 4) is 0 Å². The van der Waals surface area contributed by atoms with Crippen LogP contribution < -0.4 is 0 Å². The van der Waals surface area contributed by atoms with Crippen LogP contribution in [0.15, 0.2) is 16.8 Å². The van der Waals surface area contributed by atoms with Crippen molar-refractivity contribution in [1.82, 2.24) is 0 Å². The normalized spacial score (nSPS) is 30.5. The molecule has 5 heteroatoms. The molecule has 1 heterocycles. The molecule has 1 saturated carbocycles. The van der Waals surface area contributed by atoms with Crippen LogP contribution in [0.1, 0.15) is 31.2 Å². The van der Waals surface area contributed by atoms with Crippen LogP contribution >= 0.6 is 11.3 Å². The van der Waals surface area contributed by atoms with Gasteiger partial charge in [0.2, 0.25) is 0 Å². The molecule has 1 aliphatic rings. The van der Waals surface area contributed by atoms with Crippen LogP contribution in [0.3, 0.4) is 0 Å². The Morgan fingerprint density at radius 2 is 2.00 bits per heavy atom. The summed E-state index contributed by atoms with van der Waals surface area (Å²) in [5.41, 5.74) is 0.0750. The highest BCUT2D eigenvalue weighted by molar-refractivity contribution is 7.07. The van der Waals surface area contributed by atoms with Crippen LogP contribution in [-0.2, 0) is 6.42 Å². The summed E-state index contributed by atoms with van der Waals surface area (Å²) >= 11 is 1.54. The Labute approximate surface area is 102 Å². The van der Waals surface area contributed by atoms with Gasteiger partial charge in [0.15, 0.2) is 0 Å². The van der Waals surface area contributed by atoms with E-state index in [1.54, 1.807) is 11.3 Å². The van der Waals surface area contributed by atoms with Gasteiger partial charge in [0.25, 0.3) is 0 Å². The molecule has 1 nitrogen and oxygen atoms in total. The van der Waals surface area contributed by atoms with E-state index in [0.717, 1.165) is 5.56 Å². The van der Waals surface area contributed by atoms with Gasteiger partial charge in [-0.15, -0.1) is 0 Å². The zero-order chi connectivity index (χ0) is 12.5. The summed E-state index contributed by atoms with van der Waals surface area (Å²) in [6, 6.07) is 1.92. The second kappa shape index (κ2) is 4.61. The van der Waals surface area contributed by atoms with E-state index in [2.05, 4.69) is 0 Å². The largest absolute Gasteiger partial charge is 0.391 e. The molecule has 1 aromatic heterocycles. The van der Waals surface area contributed by atoms with Crippen LogP contribution in [0.4, 0.5) is 13.2 Å². The topological polar surface area (TPSA) is 20.2 Å². The van der Waals surface area contributed by atoms with Crippen molar-refractivity contribution in [2.45, 2.75) is 43.9 Å². The highest BCUT2D eigenvalue weighted by atomic mass is 32.1. The van der Waals surface area contributed by atoms with E-state index in [0.29, 0.717) is 6.42 Å². The molecule has 0 aliphatic heterocycles. The Hall–Kier alpha value is -0.550. The molecule has 0 spiro atoms. The van der Waals surface area contributed by atoms with Gasteiger partial charge in [0.1, 0.15) is 0 Å². The first-order valence-electron chi connectivity index (χ1n) is 5.69. The van der Waals surface area contributed by atoms with Crippen LogP contribution in [0.2, 0.25) is 0 Å². The number of thiophene rings is 1. The molecule has 17 heavy (non-hydrogen) atoms. The maximum atomic E-state index is 12.5. The van der Waals surface area contributed by atoms with Crippen molar-refractivity contribution in [2.75, 3.05) is 0 Å². The Bertz CT molecular complexity index is 350. The molecule has 96 valence electrons. The molecule has 0 unspecified atom stereocenters. The Balaban J connectivity index is 1.93. The third-order valence-electron chi connectivity index (χ3n) is 3.49. The van der Waals surface area contributed by atoms with Gasteiger partial charge in [0, 0.05) is 6.42 Å². The predicted molar refractivity (Wildman–Crippen MR) is 61.0 cm³/mol. The minimum atomic E-state index is -4.11. The minimum absolute atomic E-state index is 0.0458. The van der Waals surface area contributed by atoms with E-state index < -0.39 is 17.7 Å². The number of hydrogen-bond donors (Lipinski definition) is 1. The number of aliphatic hydroxyl groups is 1. The molecular weight excluding hydrogens is 249 g/mol. The molecule has 0 bridgehead atoms. The SMILES string of the molecule is OC1(Cc2ccsc2)CCC(C(F)(F)F)CC1. The summed E-state index contributed by atoms with van der Waals surface area (Å²) < 4.78 is 37.5. The van der Waals surface area contributed by atoms with Crippen molar-refractivity contribution in [2.24, 2.45) is 5.92 Å². The fraction of sp³-hybridized carbons (Fsp3) is 0.667. The first-order chi connectivity index (χ1) is 7.89. The highest BCUT2D eigenvalue weighted by Crippen LogP contribution is 2.42. The first kappa shape index (κ1) is 12.9. The van der Waals surface area contributed by atoms with Crippen molar-refractivity contribution in [3.63, 3.8) is 0 Å². The zero-order valence-electron chi connectivity index (χ0n) is 9.33. The second-order valence-electron chi connectivity index (χ2n) is 4.85. The molecule has 0 radical (unpaired) electrons. The maximum Gasteiger partial charge on any atom is 0.391 e. The van der Waals surface area contributed by atoms with E-state index in [1.807, 2.05) is 16.8 Å². The Kier molecular flexibility index (Phi) is 3.50. The van der Waals surface area contributed by atoms with Crippen molar-refractivity contribution < 1.29 is 18.3 Å². The lowest BCUT2D eigenvalue weighted by Gasteiger charge is -2.36. The highest BCUT2D eigenvalue weighted by Gasteiger charge is 2.45. The summed E-state index contributed by atoms with van der Waals surface area (Å²) in [5, 5.41) is 14.1. The summed E-state index contributed by atoms with van der Waals surface area (Å²) in [7, 11) is 0. The van der Waals surface area contributed by atoms with Gasteiger partial charge >= 0.3 is 6.18 Å². The van der Waals surface area contributed by atoms with E-state index in [-0.39, 0.29) is 25.7 Å². The smallest absolute Gasteiger partial charge is 0.390 e. The zero-order valence-corrected chi connectivity index (χ0v) is 10.2. The number of alkyl halides is 3. The number of hydrogen-bond acceptors (Lipinski definition) is 2. The average Bonchev–Trinajstić information content (AvgIpc) is 2.68. The molecule has 1 fully saturated rings. The summed E-state index contributed by atoms with van der Waals surface area (Å²) in [6.45, 7) is 0. The van der Waals surface area contributed by atoms with Gasteiger partial charge in [-0.1, -0.05) is 0 Å². The molecule has 0 atom stereocenters. The second-order valence-corrected chi connectivity index (χ2v) is 5.63. The van der Waals surface area contributed by atoms with Gasteiger partial charge in [-0.05, 0) is 48.1 Å². The van der Waals surface area contributed by atoms with E-state index in [4.69, 9.17) is 0 Å². The van der Waals surface area contributed by atoms with Crippen molar-refractivity contribution >= 4 is 11.3 Å². The molecule has 1 aromatic rings. The van der Waals surface area contributed by atoms with E-state index in [1.165, 1.54) is 0 Å². The monoisotopic (exact) mass is 264 g/mol. The van der Waals surface area contributed by atoms with Gasteiger partial charge in [-0.25, -0.2) is 0 Å². The van der Waals surface area contributed by atoms with E-state index >= 15 is 0 Å². The quantitative estimate of drug-likeness (QED) is 0.862. The van der Waals surface area contributed by atoms with Gasteiger partial charge in [-0.2, -0.15) is 24.5 Å². The van der Waals surface area contributed by atoms with Crippen molar-refractivity contribution in [1.29, 1.82) is 0 Å². The average molecular weight is 264 g/mol. The molecule has 0 amide bonds. The van der Waals surface area contributed by atoms with E-state index in [9.17, 15) is 18.3 Å². The van der Waals surface area contributed by atoms with Gasteiger partial charge < -0.3 is 5.11 Å². The summed E-state index contributed by atoms with van der Waals surface area (Å²) in [4.78, 5) is 0. The van der Waals surface area contributed by atoms with Crippen molar-refractivity contribution in [3.05, 3.63) is 22.4 Å². The third kappa shape index (κ3) is 3.22. The fourth-order valence-corrected chi connectivity index (χ4v) is 3.10. The molecule has 0 saturated heterocycles. The lowest BCUT2D eigenvalue weighted by atomic mass is 9.76. The van der Waals surface area contributed by atoms with Gasteiger partial charge in [-0.3, -0.25) is 0 Å². The summed E-state index contributed by atoms with van der Waals surface area (Å²) in [5.74, 6) is -1.23. The van der Waals surface area contributed by atoms with Crippen LogP contribution in [0.5, 0.6) is 0 Å². The van der Waals surface area contributed by atoms with Gasteiger partial charge in [0.05, 0.1) is 11.5 Å². The molecule has 1 N–H and O–H groups in total. The predicted octanol–water partition coefficient (Wildman–Crippen LogP) is 3.77. The fourth-order valence-electron chi connectivity index (χ4n) is 2.43. The Morgan fingerprint density at radius 1 is 1.35 bits per heavy atom. The maximum absolute atomic E-state index is 12.5. The Morgan fingerprint density at radius 3 is 2.47 bits per heavy atom. The number of halogens is 3. The molecular formula is C12H15F3OS. The van der Waals surface area contributed by atoms with Crippen LogP contribution in [0, 0.1) is 5.92 Å². The first-order valence-corrected chi connectivity index (χ1v) is 6.63. The molecule has 0 aromatic carbocycles. The van der Waals surface area contributed by atoms with Crippen LogP contribution in [0.25, 0.3) is 0 Å². The summed E-state index contributed by atoms with van der Waals surface area (Å²) in [6.07, 6.45) is -3.06. The number of rotatable bonds is 2. The third-order valence-corrected chi connectivity index (χ3v) is 4.22. The standard InChI is InChI=1S/C12H15F3OS/c13-12(14,15)10-1-4-11(16,5-2-10)7-9-3-6-17-8-9/h3,6,8,10,16H,1-2,4-5,7H2. The minimum Gasteiger partial charge on any atom is -0.390 e. The lowest BCUT2D eigenvalue weighted by molar-refractivity contribution is -0.192.